The first-order chi connectivity index (χ1) is 12.0. The molecular weight excluding hydrogens is 333 g/mol. The highest BCUT2D eigenvalue weighted by molar-refractivity contribution is 7.28. The zero-order valence-corrected chi connectivity index (χ0v) is 15.1. The fraction of sp³-hybridized carbons (Fsp3) is 0.105. The number of carbonyl (C=O) groups is 1. The van der Waals surface area contributed by atoms with E-state index in [0.717, 1.165) is 16.6 Å². The van der Waals surface area contributed by atoms with Crippen LogP contribution in [-0.4, -0.2) is 15.7 Å². The zero-order valence-electron chi connectivity index (χ0n) is 14.0. The second-order valence-electron chi connectivity index (χ2n) is 5.74. The molecule has 25 heavy (non-hydrogen) atoms. The van der Waals surface area contributed by atoms with E-state index in [1.54, 1.807) is 17.7 Å². The lowest BCUT2D eigenvalue weighted by atomic mass is 10.2. The van der Waals surface area contributed by atoms with Crippen LogP contribution in [-0.2, 0) is 0 Å². The Morgan fingerprint density at radius 1 is 1.08 bits per heavy atom. The molecule has 5 nitrogen and oxygen atoms in total. The van der Waals surface area contributed by atoms with E-state index < -0.39 is 11.3 Å². The van der Waals surface area contributed by atoms with Gasteiger partial charge in [-0.05, 0) is 42.9 Å². The van der Waals surface area contributed by atoms with E-state index in [-0.39, 0.29) is 5.69 Å². The van der Waals surface area contributed by atoms with Crippen LogP contribution in [0.1, 0.15) is 21.7 Å². The number of anilines is 1. The Morgan fingerprint density at radius 3 is 2.52 bits per heavy atom. The summed E-state index contributed by atoms with van der Waals surface area (Å²) in [4.78, 5) is 24.9. The lowest BCUT2D eigenvalue weighted by Crippen LogP contribution is -2.28. The standard InChI is InChI=1S/C19H18N3O2P/c1-12-7-6-10-15(18(12)25)20-19(24)17-16(23)11-13(2)22(21-17)14-8-4-3-5-9-14/h3-11H,25H2,1-2H3,(H,20,24). The monoisotopic (exact) mass is 351 g/mol. The number of hydrogen-bond donors (Lipinski definition) is 1. The first-order valence-corrected chi connectivity index (χ1v) is 8.38. The summed E-state index contributed by atoms with van der Waals surface area (Å²) in [5.74, 6) is -0.524. The molecule has 0 saturated carbocycles. The molecule has 3 rings (SSSR count). The average molecular weight is 351 g/mol. The average Bonchev–Trinajstić information content (AvgIpc) is 2.59. The van der Waals surface area contributed by atoms with Crippen LogP contribution in [0.4, 0.5) is 5.69 Å². The van der Waals surface area contributed by atoms with Crippen molar-refractivity contribution in [3.63, 3.8) is 0 Å². The van der Waals surface area contributed by atoms with Crippen LogP contribution in [0.15, 0.2) is 59.4 Å². The van der Waals surface area contributed by atoms with Gasteiger partial charge in [-0.15, -0.1) is 9.24 Å². The van der Waals surface area contributed by atoms with Gasteiger partial charge in [0.1, 0.15) is 0 Å². The maximum atomic E-state index is 12.6. The normalized spacial score (nSPS) is 10.5. The van der Waals surface area contributed by atoms with Gasteiger partial charge in [-0.2, -0.15) is 5.10 Å². The topological polar surface area (TPSA) is 64.0 Å². The molecule has 1 amide bonds. The van der Waals surface area contributed by atoms with E-state index in [0.29, 0.717) is 11.4 Å². The summed E-state index contributed by atoms with van der Waals surface area (Å²) < 4.78 is 1.59. The van der Waals surface area contributed by atoms with Gasteiger partial charge in [0.15, 0.2) is 5.69 Å². The summed E-state index contributed by atoms with van der Waals surface area (Å²) in [7, 11) is 2.60. The molecular formula is C19H18N3O2P. The molecule has 126 valence electrons. The van der Waals surface area contributed by atoms with Gasteiger partial charge in [0.25, 0.3) is 5.91 Å². The van der Waals surface area contributed by atoms with Gasteiger partial charge in [0.2, 0.25) is 5.43 Å². The Kier molecular flexibility index (Phi) is 4.77. The van der Waals surface area contributed by atoms with Crippen LogP contribution in [0, 0.1) is 13.8 Å². The number of hydrogen-bond acceptors (Lipinski definition) is 3. The Bertz CT molecular complexity index is 997. The lowest BCUT2D eigenvalue weighted by Gasteiger charge is -2.12. The van der Waals surface area contributed by atoms with Gasteiger partial charge in [-0.3, -0.25) is 9.59 Å². The van der Waals surface area contributed by atoms with Crippen molar-refractivity contribution in [3.05, 3.63) is 81.8 Å². The summed E-state index contributed by atoms with van der Waals surface area (Å²) >= 11 is 0. The highest BCUT2D eigenvalue weighted by Gasteiger charge is 2.16. The third-order valence-electron chi connectivity index (χ3n) is 3.90. The first-order valence-electron chi connectivity index (χ1n) is 7.80. The smallest absolute Gasteiger partial charge is 0.280 e. The summed E-state index contributed by atoms with van der Waals surface area (Å²) in [5.41, 5.74) is 2.58. The molecule has 1 aromatic heterocycles. The quantitative estimate of drug-likeness (QED) is 0.738. The van der Waals surface area contributed by atoms with E-state index in [1.165, 1.54) is 6.07 Å². The lowest BCUT2D eigenvalue weighted by molar-refractivity contribution is 0.101. The van der Waals surface area contributed by atoms with Crippen molar-refractivity contribution < 1.29 is 4.79 Å². The molecule has 6 heteroatoms. The number of rotatable bonds is 3. The van der Waals surface area contributed by atoms with Crippen LogP contribution >= 0.6 is 9.24 Å². The maximum Gasteiger partial charge on any atom is 0.280 e. The van der Waals surface area contributed by atoms with Gasteiger partial charge in [-0.25, -0.2) is 4.68 Å². The molecule has 0 saturated heterocycles. The summed E-state index contributed by atoms with van der Waals surface area (Å²) in [5, 5.41) is 7.93. The second-order valence-corrected chi connectivity index (χ2v) is 6.31. The molecule has 2 aromatic carbocycles. The van der Waals surface area contributed by atoms with Gasteiger partial charge in [-0.1, -0.05) is 30.3 Å². The van der Waals surface area contributed by atoms with E-state index in [2.05, 4.69) is 19.7 Å². The van der Waals surface area contributed by atoms with Crippen molar-refractivity contribution in [3.8, 4) is 5.69 Å². The fourth-order valence-electron chi connectivity index (χ4n) is 2.51. The fourth-order valence-corrected chi connectivity index (χ4v) is 2.77. The predicted molar refractivity (Wildman–Crippen MR) is 103 cm³/mol. The van der Waals surface area contributed by atoms with E-state index >= 15 is 0 Å². The molecule has 0 aliphatic carbocycles. The van der Waals surface area contributed by atoms with Crippen LogP contribution < -0.4 is 16.1 Å². The van der Waals surface area contributed by atoms with Crippen molar-refractivity contribution in [2.75, 3.05) is 5.32 Å². The summed E-state index contributed by atoms with van der Waals surface area (Å²) in [6.07, 6.45) is 0. The van der Waals surface area contributed by atoms with E-state index in [9.17, 15) is 9.59 Å². The van der Waals surface area contributed by atoms with E-state index in [1.807, 2.05) is 49.4 Å². The largest absolute Gasteiger partial charge is 0.320 e. The minimum atomic E-state index is -0.524. The Hall–Kier alpha value is -2.78. The van der Waals surface area contributed by atoms with Crippen molar-refractivity contribution in [1.29, 1.82) is 0 Å². The number of para-hydroxylation sites is 1. The predicted octanol–water partition coefficient (Wildman–Crippen LogP) is 2.60. The summed E-state index contributed by atoms with van der Waals surface area (Å²) in [6.45, 7) is 3.73. The minimum absolute atomic E-state index is 0.139. The van der Waals surface area contributed by atoms with Gasteiger partial charge < -0.3 is 5.32 Å². The molecule has 0 aliphatic heterocycles. The van der Waals surface area contributed by atoms with Crippen LogP contribution in [0.5, 0.6) is 0 Å². The molecule has 1 unspecified atom stereocenters. The third-order valence-corrected chi connectivity index (χ3v) is 4.66. The number of aryl methyl sites for hydroxylation is 2. The summed E-state index contributed by atoms with van der Waals surface area (Å²) in [6, 6.07) is 16.4. The molecule has 1 N–H and O–H groups in total. The molecule has 1 heterocycles. The number of carbonyl (C=O) groups excluding carboxylic acids is 1. The van der Waals surface area contributed by atoms with Gasteiger partial charge >= 0.3 is 0 Å². The SMILES string of the molecule is Cc1cccc(NC(=O)c2nn(-c3ccccc3)c(C)cc2=O)c1P. The van der Waals surface area contributed by atoms with Crippen molar-refractivity contribution in [2.24, 2.45) is 0 Å². The Labute approximate surface area is 147 Å². The molecule has 0 aliphatic rings. The van der Waals surface area contributed by atoms with Crippen molar-refractivity contribution in [1.82, 2.24) is 9.78 Å². The molecule has 3 aromatic rings. The number of benzene rings is 2. The van der Waals surface area contributed by atoms with Crippen LogP contribution in [0.2, 0.25) is 0 Å². The van der Waals surface area contributed by atoms with Crippen molar-refractivity contribution in [2.45, 2.75) is 13.8 Å². The Morgan fingerprint density at radius 2 is 1.80 bits per heavy atom. The van der Waals surface area contributed by atoms with Gasteiger partial charge in [0, 0.05) is 17.4 Å². The highest BCUT2D eigenvalue weighted by atomic mass is 31.0. The highest BCUT2D eigenvalue weighted by Crippen LogP contribution is 2.12. The second kappa shape index (κ2) is 6.99. The molecule has 0 bridgehead atoms. The number of amides is 1. The number of nitrogens with one attached hydrogen (secondary N) is 1. The van der Waals surface area contributed by atoms with Crippen LogP contribution in [0.3, 0.4) is 0 Å². The number of nitrogens with zero attached hydrogens (tertiary/aromatic N) is 2. The van der Waals surface area contributed by atoms with Crippen LogP contribution in [0.25, 0.3) is 5.69 Å². The van der Waals surface area contributed by atoms with Gasteiger partial charge in [0.05, 0.1) is 5.69 Å². The Balaban J connectivity index is 2.01. The third kappa shape index (κ3) is 3.52. The molecule has 1 atom stereocenters. The molecule has 0 fully saturated rings. The van der Waals surface area contributed by atoms with E-state index in [4.69, 9.17) is 0 Å². The maximum absolute atomic E-state index is 12.6. The molecule has 0 radical (unpaired) electrons. The first kappa shape index (κ1) is 17.1. The minimum Gasteiger partial charge on any atom is -0.320 e. The zero-order chi connectivity index (χ0) is 18.0. The van der Waals surface area contributed by atoms with Crippen molar-refractivity contribution >= 4 is 26.1 Å². The number of aromatic nitrogens is 2. The molecule has 0 spiro atoms.